The number of nitrogens with one attached hydrogen (secondary N) is 1. The predicted octanol–water partition coefficient (Wildman–Crippen LogP) is 0.899. The molecule has 1 aliphatic rings. The van der Waals surface area contributed by atoms with E-state index in [4.69, 9.17) is 5.11 Å². The Morgan fingerprint density at radius 2 is 2.16 bits per heavy atom. The zero-order valence-corrected chi connectivity index (χ0v) is 12.1. The minimum absolute atomic E-state index is 0.0610. The number of carbonyl (C=O) groups is 1. The number of sulfone groups is 1. The summed E-state index contributed by atoms with van der Waals surface area (Å²) in [7, 11) is -2.80. The van der Waals surface area contributed by atoms with E-state index in [9.17, 15) is 13.2 Å². The second kappa shape index (κ2) is 6.02. The topological polar surface area (TPSA) is 83.5 Å². The lowest BCUT2D eigenvalue weighted by molar-refractivity contribution is -0.136. The van der Waals surface area contributed by atoms with Crippen molar-refractivity contribution in [1.82, 2.24) is 5.32 Å². The smallest absolute Gasteiger partial charge is 0.308 e. The van der Waals surface area contributed by atoms with E-state index in [1.165, 1.54) is 11.3 Å². The molecule has 1 fully saturated rings. The van der Waals surface area contributed by atoms with Crippen LogP contribution in [0.15, 0.2) is 12.1 Å². The Labute approximate surface area is 116 Å². The molecular formula is C12H17NO4S2. The van der Waals surface area contributed by atoms with Gasteiger partial charge in [0.15, 0.2) is 9.84 Å². The maximum Gasteiger partial charge on any atom is 0.308 e. The van der Waals surface area contributed by atoms with E-state index < -0.39 is 15.8 Å². The molecule has 0 amide bonds. The van der Waals surface area contributed by atoms with E-state index >= 15 is 0 Å². The summed E-state index contributed by atoms with van der Waals surface area (Å²) in [6.07, 6.45) is 0.801. The van der Waals surface area contributed by atoms with E-state index in [1.54, 1.807) is 0 Å². The molecule has 5 nitrogen and oxygen atoms in total. The van der Waals surface area contributed by atoms with Gasteiger partial charge in [-0.05, 0) is 31.0 Å². The number of thiophene rings is 1. The Morgan fingerprint density at radius 1 is 1.42 bits per heavy atom. The third-order valence-electron chi connectivity index (χ3n) is 3.10. The van der Waals surface area contributed by atoms with Crippen molar-refractivity contribution < 1.29 is 18.3 Å². The van der Waals surface area contributed by atoms with Crippen LogP contribution in [-0.2, 0) is 27.6 Å². The zero-order chi connectivity index (χ0) is 13.9. The number of carboxylic acid groups (broad SMARTS) is 1. The van der Waals surface area contributed by atoms with Crippen LogP contribution >= 0.6 is 11.3 Å². The molecule has 1 atom stereocenters. The maximum atomic E-state index is 11.3. The molecule has 1 saturated heterocycles. The van der Waals surface area contributed by atoms with Crippen LogP contribution in [0.5, 0.6) is 0 Å². The van der Waals surface area contributed by atoms with Gasteiger partial charge in [0.05, 0.1) is 17.9 Å². The van der Waals surface area contributed by atoms with E-state index in [0.29, 0.717) is 18.8 Å². The van der Waals surface area contributed by atoms with Gasteiger partial charge in [0.1, 0.15) is 0 Å². The summed E-state index contributed by atoms with van der Waals surface area (Å²) in [5, 5.41) is 11.9. The lowest BCUT2D eigenvalue weighted by atomic mass is 10.1. The van der Waals surface area contributed by atoms with Crippen molar-refractivity contribution in [3.05, 3.63) is 21.9 Å². The summed E-state index contributed by atoms with van der Waals surface area (Å²) in [6, 6.07) is 3.75. The van der Waals surface area contributed by atoms with E-state index in [1.807, 2.05) is 12.1 Å². The second-order valence-electron chi connectivity index (χ2n) is 4.84. The van der Waals surface area contributed by atoms with E-state index in [-0.39, 0.29) is 18.1 Å². The first kappa shape index (κ1) is 14.5. The summed E-state index contributed by atoms with van der Waals surface area (Å²) in [6.45, 7) is 1.37. The average molecular weight is 303 g/mol. The highest BCUT2D eigenvalue weighted by Crippen LogP contribution is 2.19. The van der Waals surface area contributed by atoms with Crippen LogP contribution in [-0.4, -0.2) is 37.5 Å². The van der Waals surface area contributed by atoms with Gasteiger partial charge in [0.25, 0.3) is 0 Å². The number of rotatable bonds is 6. The molecule has 0 bridgehead atoms. The van der Waals surface area contributed by atoms with E-state index in [0.717, 1.165) is 16.2 Å². The van der Waals surface area contributed by atoms with Gasteiger partial charge >= 0.3 is 5.97 Å². The highest BCUT2D eigenvalue weighted by Gasteiger charge is 2.27. The zero-order valence-electron chi connectivity index (χ0n) is 10.5. The van der Waals surface area contributed by atoms with Crippen LogP contribution in [0.1, 0.15) is 16.2 Å². The highest BCUT2D eigenvalue weighted by molar-refractivity contribution is 7.91. The lowest BCUT2D eigenvalue weighted by Gasteiger charge is -2.08. The lowest BCUT2D eigenvalue weighted by Crippen LogP contribution is -2.22. The molecule has 106 valence electrons. The standard InChI is InChI=1S/C12H17NO4S2/c14-12(15)5-10-1-2-11(18-10)7-13-6-9-3-4-19(16,17)8-9/h1-2,9,13H,3-8H2,(H,14,15). The molecule has 0 spiro atoms. The Hall–Kier alpha value is -0.920. The molecule has 1 unspecified atom stereocenters. The fraction of sp³-hybridized carbons (Fsp3) is 0.583. The Kier molecular flexibility index (Phi) is 4.59. The van der Waals surface area contributed by atoms with Gasteiger partial charge in [-0.2, -0.15) is 0 Å². The van der Waals surface area contributed by atoms with E-state index in [2.05, 4.69) is 5.32 Å². The van der Waals surface area contributed by atoms with Gasteiger partial charge in [0, 0.05) is 16.3 Å². The second-order valence-corrected chi connectivity index (χ2v) is 8.32. The first-order valence-electron chi connectivity index (χ1n) is 6.15. The average Bonchev–Trinajstić information content (AvgIpc) is 2.85. The summed E-state index contributed by atoms with van der Waals surface area (Å²) in [5.74, 6) is -0.0171. The minimum Gasteiger partial charge on any atom is -0.481 e. The van der Waals surface area contributed by atoms with Gasteiger partial charge in [0.2, 0.25) is 0 Å². The van der Waals surface area contributed by atoms with Gasteiger partial charge in [-0.3, -0.25) is 4.79 Å². The largest absolute Gasteiger partial charge is 0.481 e. The SMILES string of the molecule is O=C(O)Cc1ccc(CNCC2CCS(=O)(=O)C2)s1. The molecule has 1 aromatic rings. The quantitative estimate of drug-likeness (QED) is 0.816. The monoisotopic (exact) mass is 303 g/mol. The molecule has 2 N–H and O–H groups in total. The highest BCUT2D eigenvalue weighted by atomic mass is 32.2. The third-order valence-corrected chi connectivity index (χ3v) is 6.02. The van der Waals surface area contributed by atoms with Gasteiger partial charge in [-0.1, -0.05) is 0 Å². The van der Waals surface area contributed by atoms with Crippen LogP contribution in [0.4, 0.5) is 0 Å². The molecule has 0 aliphatic carbocycles. The van der Waals surface area contributed by atoms with Crippen LogP contribution in [0, 0.1) is 5.92 Å². The molecule has 0 saturated carbocycles. The van der Waals surface area contributed by atoms with Crippen LogP contribution in [0.25, 0.3) is 0 Å². The Balaban J connectivity index is 1.74. The summed E-state index contributed by atoms with van der Waals surface area (Å²) in [5.41, 5.74) is 0. The molecule has 0 radical (unpaired) electrons. The molecular weight excluding hydrogens is 286 g/mol. The van der Waals surface area contributed by atoms with Gasteiger partial charge in [-0.25, -0.2) is 8.42 Å². The minimum atomic E-state index is -2.80. The van der Waals surface area contributed by atoms with Crippen molar-refractivity contribution in [1.29, 1.82) is 0 Å². The third kappa shape index (κ3) is 4.59. The van der Waals surface area contributed by atoms with Gasteiger partial charge < -0.3 is 10.4 Å². The van der Waals surface area contributed by atoms with Crippen molar-refractivity contribution in [2.75, 3.05) is 18.1 Å². The Morgan fingerprint density at radius 3 is 2.79 bits per heavy atom. The fourth-order valence-corrected chi connectivity index (χ4v) is 5.03. The van der Waals surface area contributed by atoms with Crippen LogP contribution in [0.3, 0.4) is 0 Å². The Bertz CT molecular complexity index is 550. The number of aliphatic carboxylic acids is 1. The molecule has 1 aliphatic heterocycles. The predicted molar refractivity (Wildman–Crippen MR) is 74.1 cm³/mol. The normalized spacial score (nSPS) is 21.6. The van der Waals surface area contributed by atoms with Crippen molar-refractivity contribution in [2.24, 2.45) is 5.92 Å². The van der Waals surface area contributed by atoms with Crippen molar-refractivity contribution in [2.45, 2.75) is 19.4 Å². The first-order chi connectivity index (χ1) is 8.94. The number of hydrogen-bond donors (Lipinski definition) is 2. The summed E-state index contributed by atoms with van der Waals surface area (Å²) in [4.78, 5) is 12.5. The van der Waals surface area contributed by atoms with Crippen molar-refractivity contribution in [3.63, 3.8) is 0 Å². The molecule has 7 heteroatoms. The molecule has 1 aromatic heterocycles. The maximum absolute atomic E-state index is 11.3. The van der Waals surface area contributed by atoms with Crippen LogP contribution < -0.4 is 5.32 Å². The number of hydrogen-bond acceptors (Lipinski definition) is 5. The molecule has 2 rings (SSSR count). The summed E-state index contributed by atoms with van der Waals surface area (Å²) < 4.78 is 22.6. The fourth-order valence-electron chi connectivity index (χ4n) is 2.19. The van der Waals surface area contributed by atoms with Gasteiger partial charge in [-0.15, -0.1) is 11.3 Å². The van der Waals surface area contributed by atoms with Crippen LogP contribution in [0.2, 0.25) is 0 Å². The molecule has 19 heavy (non-hydrogen) atoms. The summed E-state index contributed by atoms with van der Waals surface area (Å²) >= 11 is 1.48. The number of carboxylic acids is 1. The van der Waals surface area contributed by atoms with Crippen molar-refractivity contribution in [3.8, 4) is 0 Å². The molecule has 0 aromatic carbocycles. The van der Waals surface area contributed by atoms with Crippen molar-refractivity contribution >= 4 is 27.1 Å². The first-order valence-corrected chi connectivity index (χ1v) is 8.79. The molecule has 2 heterocycles.